The normalized spacial score (nSPS) is 14.4. The molecule has 0 saturated carbocycles. The van der Waals surface area contributed by atoms with Crippen LogP contribution in [0.1, 0.15) is 206 Å². The molecule has 10 heteroatoms. The predicted octanol–water partition coefficient (Wildman–Crippen LogP) is 13.4. The molecule has 0 aromatic heterocycles. The second-order valence-electron chi connectivity index (χ2n) is 15.8. The van der Waals surface area contributed by atoms with E-state index in [1.54, 1.807) is 0 Å². The van der Waals surface area contributed by atoms with Gasteiger partial charge >= 0.3 is 13.8 Å². The van der Waals surface area contributed by atoms with Crippen LogP contribution in [0.4, 0.5) is 0 Å². The van der Waals surface area contributed by atoms with Gasteiger partial charge in [0, 0.05) is 13.0 Å². The summed E-state index contributed by atoms with van der Waals surface area (Å²) in [5.74, 6) is -0.396. The number of carbonyl (C=O) groups excluding carboxylic acids is 1. The number of ether oxygens (including phenoxy) is 2. The number of phosphoric ester groups is 1. The first-order chi connectivity index (χ1) is 28.3. The van der Waals surface area contributed by atoms with Crippen molar-refractivity contribution in [1.82, 2.24) is 0 Å². The quantitative estimate of drug-likeness (QED) is 0.0237. The average molecular weight is 841 g/mol. The van der Waals surface area contributed by atoms with Crippen molar-refractivity contribution in [2.45, 2.75) is 219 Å². The van der Waals surface area contributed by atoms with E-state index in [2.05, 4.69) is 62.5 Å². The van der Waals surface area contributed by atoms with Crippen LogP contribution in [0.15, 0.2) is 48.6 Å². The van der Waals surface area contributed by atoms with E-state index in [0.717, 1.165) is 64.2 Å². The summed E-state index contributed by atoms with van der Waals surface area (Å²) in [6.07, 6.45) is 50.6. The molecule has 3 unspecified atom stereocenters. The van der Waals surface area contributed by atoms with Crippen LogP contribution in [0.25, 0.3) is 0 Å². The number of unbranched alkanes of at least 4 members (excludes halogenated alkanes) is 23. The van der Waals surface area contributed by atoms with Crippen molar-refractivity contribution in [2.75, 3.05) is 33.0 Å². The van der Waals surface area contributed by atoms with E-state index < -0.39 is 39.2 Å². The molecule has 0 heterocycles. The van der Waals surface area contributed by atoms with Crippen LogP contribution in [0.2, 0.25) is 0 Å². The summed E-state index contributed by atoms with van der Waals surface area (Å²) in [6, 6.07) is 0. The van der Waals surface area contributed by atoms with Crippen molar-refractivity contribution in [1.29, 1.82) is 0 Å². The third-order valence-corrected chi connectivity index (χ3v) is 10.9. The maximum atomic E-state index is 12.6. The number of phosphoric acid groups is 1. The molecule has 0 radical (unpaired) electrons. The molecule has 340 valence electrons. The zero-order valence-corrected chi connectivity index (χ0v) is 38.2. The smallest absolute Gasteiger partial charge is 0.457 e. The maximum absolute atomic E-state index is 12.6. The van der Waals surface area contributed by atoms with Gasteiger partial charge in [-0.25, -0.2) is 4.57 Å². The van der Waals surface area contributed by atoms with E-state index in [4.69, 9.17) is 23.6 Å². The van der Waals surface area contributed by atoms with Crippen LogP contribution in [-0.2, 0) is 27.9 Å². The van der Waals surface area contributed by atoms with Crippen molar-refractivity contribution in [3.63, 3.8) is 0 Å². The van der Waals surface area contributed by atoms with Crippen LogP contribution in [-0.4, -0.2) is 66.3 Å². The van der Waals surface area contributed by atoms with Crippen LogP contribution in [0.3, 0.4) is 0 Å². The number of allylic oxidation sites excluding steroid dienone is 8. The largest absolute Gasteiger partial charge is 0.472 e. The highest BCUT2D eigenvalue weighted by molar-refractivity contribution is 7.47. The number of aliphatic hydroxyl groups excluding tert-OH is 2. The summed E-state index contributed by atoms with van der Waals surface area (Å²) < 4.78 is 33.4. The van der Waals surface area contributed by atoms with Gasteiger partial charge in [-0.15, -0.1) is 0 Å². The highest BCUT2D eigenvalue weighted by atomic mass is 31.2. The van der Waals surface area contributed by atoms with Crippen molar-refractivity contribution >= 4 is 13.8 Å². The van der Waals surface area contributed by atoms with Gasteiger partial charge in [-0.3, -0.25) is 13.8 Å². The number of carbonyl (C=O) groups is 1. The maximum Gasteiger partial charge on any atom is 0.472 e. The van der Waals surface area contributed by atoms with Crippen LogP contribution < -0.4 is 0 Å². The van der Waals surface area contributed by atoms with Crippen LogP contribution in [0.5, 0.6) is 0 Å². The second kappa shape index (κ2) is 45.0. The van der Waals surface area contributed by atoms with Crippen molar-refractivity contribution in [3.05, 3.63) is 48.6 Å². The summed E-state index contributed by atoms with van der Waals surface area (Å²) in [5.41, 5.74) is 0. The van der Waals surface area contributed by atoms with Gasteiger partial charge in [-0.1, -0.05) is 172 Å². The minimum atomic E-state index is -4.53. The number of hydrogen-bond acceptors (Lipinski definition) is 8. The molecule has 3 N–H and O–H groups in total. The lowest BCUT2D eigenvalue weighted by Crippen LogP contribution is -2.29. The molecule has 0 amide bonds. The lowest BCUT2D eigenvalue weighted by molar-refractivity contribution is -0.154. The Balaban J connectivity index is 4.17. The lowest BCUT2D eigenvalue weighted by atomic mass is 10.1. The van der Waals surface area contributed by atoms with E-state index in [9.17, 15) is 19.4 Å². The Bertz CT molecular complexity index is 1040. The average Bonchev–Trinajstić information content (AvgIpc) is 3.21. The number of esters is 1. The Morgan fingerprint density at radius 3 is 1.41 bits per heavy atom. The SMILES string of the molecule is CCCCCCC/C=C\C/C=C\C/C=C\CCCCCCCCC(=O)OC(COCCCCCCCC/C=C\CCCCCCCC)COP(=O)(O)OCC(O)CO. The third kappa shape index (κ3) is 44.0. The summed E-state index contributed by atoms with van der Waals surface area (Å²) in [5, 5.41) is 18.4. The Morgan fingerprint density at radius 2 is 0.931 bits per heavy atom. The van der Waals surface area contributed by atoms with Gasteiger partial charge in [0.15, 0.2) is 0 Å². The summed E-state index contributed by atoms with van der Waals surface area (Å²) >= 11 is 0. The molecule has 58 heavy (non-hydrogen) atoms. The summed E-state index contributed by atoms with van der Waals surface area (Å²) in [6.45, 7) is 3.48. The number of hydrogen-bond donors (Lipinski definition) is 3. The topological polar surface area (TPSA) is 132 Å². The van der Waals surface area contributed by atoms with E-state index in [1.807, 2.05) is 0 Å². The summed E-state index contributed by atoms with van der Waals surface area (Å²) in [7, 11) is -4.53. The molecule has 9 nitrogen and oxygen atoms in total. The molecule has 0 saturated heterocycles. The fourth-order valence-electron chi connectivity index (χ4n) is 6.36. The molecule has 0 aliphatic heterocycles. The molecule has 0 bridgehead atoms. The van der Waals surface area contributed by atoms with E-state index in [1.165, 1.54) is 116 Å². The minimum absolute atomic E-state index is 0.0392. The molecule has 0 aliphatic carbocycles. The Morgan fingerprint density at radius 1 is 0.534 bits per heavy atom. The minimum Gasteiger partial charge on any atom is -0.457 e. The zero-order chi connectivity index (χ0) is 42.5. The molecule has 0 aromatic rings. The molecule has 0 spiro atoms. The Hall–Kier alpha value is -1.58. The standard InChI is InChI=1S/C48H89O9P/c1-3-5-7-9-11-13-15-17-19-21-22-23-24-25-26-28-30-32-34-36-38-40-48(51)57-47(45-56-58(52,53)55-43-46(50)42-49)44-54-41-39-37-35-33-31-29-27-20-18-16-14-12-10-8-6-4-2/h15,17-18,20-22,24-25,46-47,49-50H,3-14,16,19,23,26-45H2,1-2H3,(H,52,53)/b17-15-,20-18-,22-21-,25-24-. The Kier molecular flexibility index (Phi) is 43.7. The number of rotatable bonds is 45. The monoisotopic (exact) mass is 841 g/mol. The first-order valence-corrected chi connectivity index (χ1v) is 25.1. The highest BCUT2D eigenvalue weighted by Crippen LogP contribution is 2.43. The van der Waals surface area contributed by atoms with Gasteiger partial charge in [0.1, 0.15) is 12.2 Å². The van der Waals surface area contributed by atoms with Crippen molar-refractivity contribution in [3.8, 4) is 0 Å². The van der Waals surface area contributed by atoms with Gasteiger partial charge in [-0.05, 0) is 77.0 Å². The molecule has 0 rings (SSSR count). The van der Waals surface area contributed by atoms with Gasteiger partial charge in [-0.2, -0.15) is 0 Å². The first-order valence-electron chi connectivity index (χ1n) is 23.6. The fraction of sp³-hybridized carbons (Fsp3) is 0.812. The lowest BCUT2D eigenvalue weighted by Gasteiger charge is -2.20. The molecule has 0 aromatic carbocycles. The second-order valence-corrected chi connectivity index (χ2v) is 17.2. The highest BCUT2D eigenvalue weighted by Gasteiger charge is 2.26. The molecular formula is C48H89O9P. The first kappa shape index (κ1) is 56.4. The van der Waals surface area contributed by atoms with Crippen molar-refractivity contribution < 1.29 is 43.0 Å². The zero-order valence-electron chi connectivity index (χ0n) is 37.3. The number of aliphatic hydroxyl groups is 2. The predicted molar refractivity (Wildman–Crippen MR) is 242 cm³/mol. The fourth-order valence-corrected chi connectivity index (χ4v) is 7.15. The van der Waals surface area contributed by atoms with Crippen LogP contribution in [0, 0.1) is 0 Å². The molecule has 0 aliphatic rings. The van der Waals surface area contributed by atoms with Crippen molar-refractivity contribution in [2.24, 2.45) is 0 Å². The molecular weight excluding hydrogens is 751 g/mol. The third-order valence-electron chi connectivity index (χ3n) is 9.99. The van der Waals surface area contributed by atoms with E-state index >= 15 is 0 Å². The van der Waals surface area contributed by atoms with Gasteiger partial charge in [0.25, 0.3) is 0 Å². The van der Waals surface area contributed by atoms with Crippen LogP contribution >= 0.6 is 7.82 Å². The van der Waals surface area contributed by atoms with Gasteiger partial charge < -0.3 is 24.6 Å². The Labute approximate surface area is 356 Å². The summed E-state index contributed by atoms with van der Waals surface area (Å²) in [4.78, 5) is 22.6. The van der Waals surface area contributed by atoms with E-state index in [-0.39, 0.29) is 19.6 Å². The van der Waals surface area contributed by atoms with Gasteiger partial charge in [0.05, 0.1) is 26.4 Å². The molecule has 0 fully saturated rings. The molecule has 3 atom stereocenters. The van der Waals surface area contributed by atoms with Gasteiger partial charge in [0.2, 0.25) is 0 Å². The van der Waals surface area contributed by atoms with E-state index in [0.29, 0.717) is 13.0 Å².